The summed E-state index contributed by atoms with van der Waals surface area (Å²) in [7, 11) is 0. The lowest BCUT2D eigenvalue weighted by atomic mass is 9.83. The van der Waals surface area contributed by atoms with Crippen molar-refractivity contribution in [2.75, 3.05) is 4.90 Å². The topological polar surface area (TPSA) is 3.24 Å². The third-order valence-corrected chi connectivity index (χ3v) is 12.6. The highest BCUT2D eigenvalue weighted by molar-refractivity contribution is 6.26. The fourth-order valence-electron chi connectivity index (χ4n) is 9.90. The van der Waals surface area contributed by atoms with E-state index in [1.165, 1.54) is 98.4 Å². The van der Waals surface area contributed by atoms with Crippen LogP contribution in [0.2, 0.25) is 0 Å². The molecule has 0 aliphatic carbocycles. The summed E-state index contributed by atoms with van der Waals surface area (Å²) in [5.74, 6) is 0. The minimum Gasteiger partial charge on any atom is -0.311 e. The van der Waals surface area contributed by atoms with Crippen molar-refractivity contribution in [2.45, 2.75) is 0 Å². The Kier molecular flexibility index (Phi) is 8.25. The Morgan fingerprint density at radius 2 is 0.705 bits per heavy atom. The largest absolute Gasteiger partial charge is 0.311 e. The number of nitrogens with zero attached hydrogens (tertiary/aromatic N) is 1. The summed E-state index contributed by atoms with van der Waals surface area (Å²) >= 11 is 0. The summed E-state index contributed by atoms with van der Waals surface area (Å²) in [6.45, 7) is 0. The second kappa shape index (κ2) is 14.4. The van der Waals surface area contributed by atoms with Crippen molar-refractivity contribution in [1.29, 1.82) is 0 Å². The highest BCUT2D eigenvalue weighted by atomic mass is 15.1. The highest BCUT2D eigenvalue weighted by Crippen LogP contribution is 2.47. The normalized spacial score (nSPS) is 11.6. The van der Waals surface area contributed by atoms with Gasteiger partial charge >= 0.3 is 0 Å². The van der Waals surface area contributed by atoms with Crippen LogP contribution in [-0.2, 0) is 0 Å². The summed E-state index contributed by atoms with van der Waals surface area (Å²) in [5, 5.41) is 12.8. The van der Waals surface area contributed by atoms with E-state index in [1.54, 1.807) is 0 Å². The van der Waals surface area contributed by atoms with Crippen LogP contribution in [-0.4, -0.2) is 0 Å². The molecule has 12 aromatic carbocycles. The summed E-state index contributed by atoms with van der Waals surface area (Å²) in [6, 6.07) is 86.7. The summed E-state index contributed by atoms with van der Waals surface area (Å²) < 4.78 is 0. The highest BCUT2D eigenvalue weighted by Gasteiger charge is 2.20. The van der Waals surface area contributed by atoms with Gasteiger partial charge in [0.1, 0.15) is 0 Å². The Hall–Kier alpha value is -8.00. The van der Waals surface area contributed by atoms with Gasteiger partial charge in [0.15, 0.2) is 0 Å². The quantitative estimate of drug-likeness (QED) is 0.115. The van der Waals surface area contributed by atoms with E-state index in [9.17, 15) is 0 Å². The summed E-state index contributed by atoms with van der Waals surface area (Å²) in [6.07, 6.45) is 0. The standard InChI is InChI=1S/C60H39N/c1-3-19-46(20-4-1)61(47-21-5-2-6-22-47)48-35-31-40(32-36-48)49-23-7-8-24-51(49)60-54-27-11-9-25-52(54)58(53-26-10-12-28-55(53)60)45-18-14-17-44(39-45)50-37-33-43-30-29-41-15-13-16-42-34-38-56(50)59(43)57(41)42/h1-39H. The van der Waals surface area contributed by atoms with Gasteiger partial charge in [-0.1, -0.05) is 194 Å². The molecule has 0 fully saturated rings. The number of fused-ring (bicyclic) bond motifs is 2. The van der Waals surface area contributed by atoms with Gasteiger partial charge in [0.05, 0.1) is 0 Å². The van der Waals surface area contributed by atoms with Crippen molar-refractivity contribution in [3.8, 4) is 44.5 Å². The van der Waals surface area contributed by atoms with Crippen LogP contribution in [0.3, 0.4) is 0 Å². The van der Waals surface area contributed by atoms with Crippen molar-refractivity contribution in [2.24, 2.45) is 0 Å². The van der Waals surface area contributed by atoms with Crippen molar-refractivity contribution in [3.63, 3.8) is 0 Å². The van der Waals surface area contributed by atoms with Gasteiger partial charge in [-0.3, -0.25) is 0 Å². The Balaban J connectivity index is 1.01. The first kappa shape index (κ1) is 35.0. The van der Waals surface area contributed by atoms with Gasteiger partial charge in [-0.05, 0) is 141 Å². The minimum absolute atomic E-state index is 1.11. The molecule has 61 heavy (non-hydrogen) atoms. The Morgan fingerprint density at radius 1 is 0.230 bits per heavy atom. The van der Waals surface area contributed by atoms with E-state index >= 15 is 0 Å². The fraction of sp³-hybridized carbons (Fsp3) is 0. The molecule has 12 rings (SSSR count). The van der Waals surface area contributed by atoms with E-state index in [4.69, 9.17) is 0 Å². The van der Waals surface area contributed by atoms with Crippen LogP contribution < -0.4 is 4.90 Å². The Morgan fingerprint density at radius 3 is 1.34 bits per heavy atom. The Labute approximate surface area is 355 Å². The SMILES string of the molecule is c1ccc(N(c2ccccc2)c2ccc(-c3ccccc3-c3c4ccccc4c(-c4cccc(-c5ccc6ccc7cccc8ccc5c6c78)c4)c4ccccc34)cc2)cc1. The molecule has 0 bridgehead atoms. The van der Waals surface area contributed by atoms with Gasteiger partial charge in [0.2, 0.25) is 0 Å². The lowest BCUT2D eigenvalue weighted by Gasteiger charge is -2.25. The molecule has 284 valence electrons. The van der Waals surface area contributed by atoms with E-state index in [0.29, 0.717) is 0 Å². The van der Waals surface area contributed by atoms with Gasteiger partial charge in [-0.25, -0.2) is 0 Å². The fourth-order valence-corrected chi connectivity index (χ4v) is 9.90. The number of para-hydroxylation sites is 2. The van der Waals surface area contributed by atoms with Crippen LogP contribution in [0.5, 0.6) is 0 Å². The summed E-state index contributed by atoms with van der Waals surface area (Å²) in [4.78, 5) is 2.31. The molecule has 0 heterocycles. The number of rotatable bonds is 7. The van der Waals surface area contributed by atoms with E-state index < -0.39 is 0 Å². The van der Waals surface area contributed by atoms with Crippen LogP contribution in [0.4, 0.5) is 17.1 Å². The molecule has 0 aliphatic rings. The predicted octanol–water partition coefficient (Wildman–Crippen LogP) is 17.0. The molecule has 0 unspecified atom stereocenters. The number of hydrogen-bond donors (Lipinski definition) is 0. The molecule has 0 saturated heterocycles. The van der Waals surface area contributed by atoms with Crippen LogP contribution in [0.15, 0.2) is 237 Å². The molecule has 0 radical (unpaired) electrons. The molecule has 0 saturated carbocycles. The molecular weight excluding hydrogens is 735 g/mol. The molecule has 1 nitrogen and oxygen atoms in total. The van der Waals surface area contributed by atoms with Crippen LogP contribution in [0, 0.1) is 0 Å². The molecule has 1 heteroatoms. The average Bonchev–Trinajstić information content (AvgIpc) is 3.33. The maximum absolute atomic E-state index is 2.41. The second-order valence-corrected chi connectivity index (χ2v) is 16.0. The first-order valence-corrected chi connectivity index (χ1v) is 21.1. The molecule has 0 amide bonds. The second-order valence-electron chi connectivity index (χ2n) is 16.0. The molecule has 0 aliphatic heterocycles. The van der Waals surface area contributed by atoms with E-state index in [2.05, 4.69) is 241 Å². The maximum Gasteiger partial charge on any atom is 0.0462 e. The van der Waals surface area contributed by atoms with Crippen molar-refractivity contribution < 1.29 is 0 Å². The Bertz CT molecular complexity index is 3460. The zero-order chi connectivity index (χ0) is 40.3. The van der Waals surface area contributed by atoms with Crippen LogP contribution in [0.25, 0.3) is 98.4 Å². The first-order chi connectivity index (χ1) is 30.3. The maximum atomic E-state index is 2.41. The van der Waals surface area contributed by atoms with Gasteiger partial charge in [0.25, 0.3) is 0 Å². The summed E-state index contributed by atoms with van der Waals surface area (Å²) in [5.41, 5.74) is 13.2. The van der Waals surface area contributed by atoms with E-state index in [-0.39, 0.29) is 0 Å². The zero-order valence-corrected chi connectivity index (χ0v) is 33.5. The average molecular weight is 774 g/mol. The van der Waals surface area contributed by atoms with Gasteiger partial charge in [-0.2, -0.15) is 0 Å². The zero-order valence-electron chi connectivity index (χ0n) is 33.5. The number of hydrogen-bond acceptors (Lipinski definition) is 1. The molecular formula is C60H39N. The smallest absolute Gasteiger partial charge is 0.0462 e. The lowest BCUT2D eigenvalue weighted by molar-refractivity contribution is 1.28. The lowest BCUT2D eigenvalue weighted by Crippen LogP contribution is -2.09. The molecule has 0 spiro atoms. The number of benzene rings is 12. The van der Waals surface area contributed by atoms with Crippen molar-refractivity contribution >= 4 is 70.9 Å². The third-order valence-electron chi connectivity index (χ3n) is 12.6. The monoisotopic (exact) mass is 773 g/mol. The molecule has 0 aromatic heterocycles. The van der Waals surface area contributed by atoms with E-state index in [0.717, 1.165) is 17.1 Å². The van der Waals surface area contributed by atoms with E-state index in [1.807, 2.05) is 0 Å². The molecule has 0 atom stereocenters. The predicted molar refractivity (Wildman–Crippen MR) is 262 cm³/mol. The van der Waals surface area contributed by atoms with Gasteiger partial charge < -0.3 is 4.90 Å². The van der Waals surface area contributed by atoms with Crippen LogP contribution >= 0.6 is 0 Å². The van der Waals surface area contributed by atoms with Crippen molar-refractivity contribution in [3.05, 3.63) is 237 Å². The number of anilines is 3. The minimum atomic E-state index is 1.11. The molecule has 0 N–H and O–H groups in total. The van der Waals surface area contributed by atoms with Crippen LogP contribution in [0.1, 0.15) is 0 Å². The van der Waals surface area contributed by atoms with Crippen molar-refractivity contribution in [1.82, 2.24) is 0 Å². The third kappa shape index (κ3) is 5.78. The van der Waals surface area contributed by atoms with Gasteiger partial charge in [-0.15, -0.1) is 0 Å². The molecule has 12 aromatic rings. The van der Waals surface area contributed by atoms with Gasteiger partial charge in [0, 0.05) is 17.1 Å². The first-order valence-electron chi connectivity index (χ1n) is 21.1.